The van der Waals surface area contributed by atoms with Crippen molar-refractivity contribution in [3.63, 3.8) is 0 Å². The van der Waals surface area contributed by atoms with E-state index in [2.05, 4.69) is 20.8 Å². The number of nitrogens with two attached hydrogens (primary N) is 1. The highest BCUT2D eigenvalue weighted by molar-refractivity contribution is 4.94. The second kappa shape index (κ2) is 6.02. The van der Waals surface area contributed by atoms with Crippen molar-refractivity contribution in [2.45, 2.75) is 65.4 Å². The minimum absolute atomic E-state index is 0.00829. The minimum atomic E-state index is -0.199. The van der Waals surface area contributed by atoms with E-state index in [9.17, 15) is 5.11 Å². The molecule has 2 nitrogen and oxygen atoms in total. The lowest BCUT2D eigenvalue weighted by Crippen LogP contribution is -2.48. The van der Waals surface area contributed by atoms with Crippen LogP contribution in [0.1, 0.15) is 59.3 Å². The van der Waals surface area contributed by atoms with Crippen LogP contribution in [0.2, 0.25) is 0 Å². The van der Waals surface area contributed by atoms with Crippen molar-refractivity contribution < 1.29 is 5.11 Å². The summed E-state index contributed by atoms with van der Waals surface area (Å²) in [5.41, 5.74) is 6.00. The van der Waals surface area contributed by atoms with Crippen molar-refractivity contribution in [2.24, 2.45) is 23.0 Å². The van der Waals surface area contributed by atoms with Crippen molar-refractivity contribution in [2.75, 3.05) is 6.54 Å². The summed E-state index contributed by atoms with van der Waals surface area (Å²) in [6.45, 7) is 7.29. The molecule has 1 rings (SSSR count). The van der Waals surface area contributed by atoms with Gasteiger partial charge in [0.05, 0.1) is 6.10 Å². The number of hydrogen-bond acceptors (Lipinski definition) is 2. The SMILES string of the molecule is CCC(CC)C(O)C1(CN)CCCC(C)C1. The molecule has 1 aliphatic rings. The van der Waals surface area contributed by atoms with Gasteiger partial charge < -0.3 is 10.8 Å². The fraction of sp³-hybridized carbons (Fsp3) is 1.00. The van der Waals surface area contributed by atoms with Gasteiger partial charge in [-0.2, -0.15) is 0 Å². The standard InChI is InChI=1S/C14H29NO/c1-4-12(5-2)13(16)14(10-15)8-6-7-11(3)9-14/h11-13,16H,4-10,15H2,1-3H3. The van der Waals surface area contributed by atoms with Gasteiger partial charge in [-0.15, -0.1) is 0 Å². The van der Waals surface area contributed by atoms with Crippen molar-refractivity contribution in [1.29, 1.82) is 0 Å². The number of rotatable bonds is 5. The predicted octanol–water partition coefficient (Wildman–Crippen LogP) is 2.94. The largest absolute Gasteiger partial charge is 0.392 e. The van der Waals surface area contributed by atoms with Crippen LogP contribution in [0.25, 0.3) is 0 Å². The monoisotopic (exact) mass is 227 g/mol. The summed E-state index contributed by atoms with van der Waals surface area (Å²) >= 11 is 0. The molecule has 3 unspecified atom stereocenters. The van der Waals surface area contributed by atoms with Crippen LogP contribution in [0.4, 0.5) is 0 Å². The lowest BCUT2D eigenvalue weighted by molar-refractivity contribution is -0.0492. The van der Waals surface area contributed by atoms with Gasteiger partial charge in [-0.25, -0.2) is 0 Å². The van der Waals surface area contributed by atoms with Crippen molar-refractivity contribution in [3.05, 3.63) is 0 Å². The molecule has 1 saturated carbocycles. The third-order valence-corrected chi connectivity index (χ3v) is 4.66. The molecule has 0 aliphatic heterocycles. The van der Waals surface area contributed by atoms with Crippen LogP contribution in [0.5, 0.6) is 0 Å². The average Bonchev–Trinajstić information content (AvgIpc) is 2.30. The summed E-state index contributed by atoms with van der Waals surface area (Å²) in [6, 6.07) is 0. The highest BCUT2D eigenvalue weighted by atomic mass is 16.3. The molecular weight excluding hydrogens is 198 g/mol. The second-order valence-electron chi connectivity index (χ2n) is 5.79. The van der Waals surface area contributed by atoms with Crippen LogP contribution in [-0.2, 0) is 0 Å². The molecule has 1 aliphatic carbocycles. The van der Waals surface area contributed by atoms with Gasteiger partial charge in [0.1, 0.15) is 0 Å². The summed E-state index contributed by atoms with van der Waals surface area (Å²) in [4.78, 5) is 0. The van der Waals surface area contributed by atoms with Crippen molar-refractivity contribution in [3.8, 4) is 0 Å². The Labute approximate surface area is 101 Å². The van der Waals surface area contributed by atoms with Crippen LogP contribution >= 0.6 is 0 Å². The van der Waals surface area contributed by atoms with Gasteiger partial charge in [0.2, 0.25) is 0 Å². The average molecular weight is 227 g/mol. The predicted molar refractivity (Wildman–Crippen MR) is 69.2 cm³/mol. The highest BCUT2D eigenvalue weighted by Crippen LogP contribution is 2.44. The summed E-state index contributed by atoms with van der Waals surface area (Å²) in [6.07, 6.45) is 6.69. The van der Waals surface area contributed by atoms with Gasteiger partial charge in [0.25, 0.3) is 0 Å². The minimum Gasteiger partial charge on any atom is -0.392 e. The van der Waals surface area contributed by atoms with Gasteiger partial charge in [-0.1, -0.05) is 46.5 Å². The summed E-state index contributed by atoms with van der Waals surface area (Å²) in [5.74, 6) is 1.15. The maximum atomic E-state index is 10.6. The van der Waals surface area contributed by atoms with Gasteiger partial charge >= 0.3 is 0 Å². The number of aliphatic hydroxyl groups is 1. The Kier molecular flexibility index (Phi) is 5.26. The van der Waals surface area contributed by atoms with Crippen LogP contribution in [0.3, 0.4) is 0 Å². The number of hydrogen-bond donors (Lipinski definition) is 2. The van der Waals surface area contributed by atoms with Crippen molar-refractivity contribution in [1.82, 2.24) is 0 Å². The Morgan fingerprint density at radius 1 is 1.38 bits per heavy atom. The normalized spacial score (nSPS) is 33.0. The summed E-state index contributed by atoms with van der Waals surface area (Å²) in [7, 11) is 0. The van der Waals surface area contributed by atoms with Gasteiger partial charge in [-0.3, -0.25) is 0 Å². The Balaban J connectivity index is 2.77. The Hall–Kier alpha value is -0.0800. The zero-order valence-electron chi connectivity index (χ0n) is 11.2. The third-order valence-electron chi connectivity index (χ3n) is 4.66. The van der Waals surface area contributed by atoms with Crippen LogP contribution in [-0.4, -0.2) is 17.8 Å². The van der Waals surface area contributed by atoms with Crippen molar-refractivity contribution >= 4 is 0 Å². The second-order valence-corrected chi connectivity index (χ2v) is 5.79. The first-order valence-electron chi connectivity index (χ1n) is 6.97. The molecule has 96 valence electrons. The van der Waals surface area contributed by atoms with E-state index in [1.807, 2.05) is 0 Å². The Bertz CT molecular complexity index is 203. The molecule has 0 spiro atoms. The molecule has 0 radical (unpaired) electrons. The Morgan fingerprint density at radius 2 is 2.00 bits per heavy atom. The topological polar surface area (TPSA) is 46.2 Å². The molecule has 0 saturated heterocycles. The van der Waals surface area contributed by atoms with Crippen LogP contribution < -0.4 is 5.73 Å². The first kappa shape index (κ1) is 14.0. The first-order valence-corrected chi connectivity index (χ1v) is 6.97. The maximum Gasteiger partial charge on any atom is 0.0636 e. The quantitative estimate of drug-likeness (QED) is 0.758. The summed E-state index contributed by atoms with van der Waals surface area (Å²) in [5, 5.41) is 10.6. The van der Waals surface area contributed by atoms with E-state index < -0.39 is 0 Å². The molecule has 3 atom stereocenters. The smallest absolute Gasteiger partial charge is 0.0636 e. The molecule has 3 N–H and O–H groups in total. The first-order chi connectivity index (χ1) is 7.59. The van der Waals surface area contributed by atoms with E-state index in [0.29, 0.717) is 12.5 Å². The molecule has 0 bridgehead atoms. The van der Waals surface area contributed by atoms with E-state index in [1.165, 1.54) is 12.8 Å². The van der Waals surface area contributed by atoms with Gasteiger partial charge in [0, 0.05) is 12.0 Å². The molecular formula is C14H29NO. The van der Waals surface area contributed by atoms with Gasteiger partial charge in [-0.05, 0) is 24.7 Å². The lowest BCUT2D eigenvalue weighted by Gasteiger charge is -2.45. The van der Waals surface area contributed by atoms with E-state index >= 15 is 0 Å². The van der Waals surface area contributed by atoms with Crippen LogP contribution in [0.15, 0.2) is 0 Å². The molecule has 0 heterocycles. The third kappa shape index (κ3) is 2.78. The van der Waals surface area contributed by atoms with E-state index in [0.717, 1.165) is 31.6 Å². The van der Waals surface area contributed by atoms with E-state index in [1.54, 1.807) is 0 Å². The molecule has 2 heteroatoms. The van der Waals surface area contributed by atoms with E-state index in [4.69, 9.17) is 5.73 Å². The van der Waals surface area contributed by atoms with Gasteiger partial charge in [0.15, 0.2) is 0 Å². The molecule has 0 aromatic heterocycles. The maximum absolute atomic E-state index is 10.6. The fourth-order valence-corrected chi connectivity index (χ4v) is 3.51. The molecule has 1 fully saturated rings. The molecule has 0 aromatic rings. The van der Waals surface area contributed by atoms with E-state index in [-0.39, 0.29) is 11.5 Å². The molecule has 0 amide bonds. The fourth-order valence-electron chi connectivity index (χ4n) is 3.51. The lowest BCUT2D eigenvalue weighted by atomic mass is 9.63. The number of aliphatic hydroxyl groups excluding tert-OH is 1. The molecule has 0 aromatic carbocycles. The zero-order chi connectivity index (χ0) is 12.2. The Morgan fingerprint density at radius 3 is 2.44 bits per heavy atom. The summed E-state index contributed by atoms with van der Waals surface area (Å²) < 4.78 is 0. The zero-order valence-corrected chi connectivity index (χ0v) is 11.2. The highest BCUT2D eigenvalue weighted by Gasteiger charge is 2.42. The molecule has 16 heavy (non-hydrogen) atoms. The van der Waals surface area contributed by atoms with Crippen LogP contribution in [0, 0.1) is 17.3 Å².